The van der Waals surface area contributed by atoms with Crippen molar-refractivity contribution in [2.75, 3.05) is 18.9 Å². The topological polar surface area (TPSA) is 32.3 Å². The molecule has 0 spiro atoms. The molecule has 1 unspecified atom stereocenters. The van der Waals surface area contributed by atoms with Gasteiger partial charge in [0.25, 0.3) is 0 Å². The largest absolute Gasteiger partial charge is 0.394 e. The number of aliphatic hydroxyl groups excluding tert-OH is 1. The van der Waals surface area contributed by atoms with Crippen LogP contribution in [0, 0.1) is 11.6 Å². The molecule has 0 bridgehead atoms. The third-order valence-electron chi connectivity index (χ3n) is 3.68. The lowest BCUT2D eigenvalue weighted by Crippen LogP contribution is -2.48. The minimum atomic E-state index is -0.550. The number of benzene rings is 1. The molecule has 0 aromatic heterocycles. The molecule has 0 heterocycles. The van der Waals surface area contributed by atoms with Crippen LogP contribution in [0.3, 0.4) is 0 Å². The molecular formula is C16H25F2NOS. The van der Waals surface area contributed by atoms with E-state index in [1.165, 1.54) is 23.9 Å². The van der Waals surface area contributed by atoms with Gasteiger partial charge in [0.05, 0.1) is 6.61 Å². The second-order valence-corrected chi connectivity index (χ2v) is 6.38. The van der Waals surface area contributed by atoms with E-state index in [9.17, 15) is 13.9 Å². The van der Waals surface area contributed by atoms with E-state index >= 15 is 0 Å². The number of nitrogens with one attached hydrogen (secondary N) is 1. The minimum absolute atomic E-state index is 0.110. The average molecular weight is 317 g/mol. The van der Waals surface area contributed by atoms with Gasteiger partial charge in [-0.25, -0.2) is 8.78 Å². The first-order valence-corrected chi connectivity index (χ1v) is 8.49. The van der Waals surface area contributed by atoms with Crippen molar-refractivity contribution < 1.29 is 13.9 Å². The maximum absolute atomic E-state index is 13.5. The number of rotatable bonds is 10. The Morgan fingerprint density at radius 3 is 2.62 bits per heavy atom. The van der Waals surface area contributed by atoms with E-state index in [-0.39, 0.29) is 12.1 Å². The number of hydrogen-bond donors (Lipinski definition) is 2. The van der Waals surface area contributed by atoms with Crippen LogP contribution in [0.2, 0.25) is 0 Å². The Balaban J connectivity index is 2.43. The molecule has 0 radical (unpaired) electrons. The highest BCUT2D eigenvalue weighted by molar-refractivity contribution is 7.99. The van der Waals surface area contributed by atoms with Crippen LogP contribution >= 0.6 is 11.8 Å². The summed E-state index contributed by atoms with van der Waals surface area (Å²) in [5, 5.41) is 13.0. The van der Waals surface area contributed by atoms with Crippen LogP contribution < -0.4 is 5.32 Å². The second-order valence-electron chi connectivity index (χ2n) is 5.25. The van der Waals surface area contributed by atoms with Crippen LogP contribution in [0.1, 0.15) is 39.5 Å². The summed E-state index contributed by atoms with van der Waals surface area (Å²) in [6.07, 6.45) is 3.60. The van der Waals surface area contributed by atoms with E-state index in [0.29, 0.717) is 4.90 Å². The Hall–Kier alpha value is -0.650. The fourth-order valence-corrected chi connectivity index (χ4v) is 3.08. The molecule has 0 aliphatic heterocycles. The van der Waals surface area contributed by atoms with E-state index in [0.717, 1.165) is 44.0 Å². The maximum Gasteiger partial charge on any atom is 0.139 e. The fraction of sp³-hybridized carbons (Fsp3) is 0.625. The quantitative estimate of drug-likeness (QED) is 0.506. The Bertz CT molecular complexity index is 425. The zero-order valence-electron chi connectivity index (χ0n) is 12.8. The van der Waals surface area contributed by atoms with Gasteiger partial charge >= 0.3 is 0 Å². The Kier molecular flexibility index (Phi) is 8.22. The predicted octanol–water partition coefficient (Wildman–Crippen LogP) is 3.98. The molecule has 1 atom stereocenters. The molecule has 0 saturated carbocycles. The molecule has 5 heteroatoms. The Morgan fingerprint density at radius 2 is 2.05 bits per heavy atom. The van der Waals surface area contributed by atoms with Gasteiger partial charge in [-0.15, -0.1) is 11.8 Å². The van der Waals surface area contributed by atoms with Crippen LogP contribution in [0.15, 0.2) is 23.1 Å². The zero-order valence-corrected chi connectivity index (χ0v) is 13.6. The monoisotopic (exact) mass is 317 g/mol. The molecule has 0 aliphatic rings. The van der Waals surface area contributed by atoms with E-state index < -0.39 is 11.6 Å². The molecule has 120 valence electrons. The molecule has 2 N–H and O–H groups in total. The highest BCUT2D eigenvalue weighted by Crippen LogP contribution is 2.25. The molecule has 21 heavy (non-hydrogen) atoms. The van der Waals surface area contributed by atoms with Crippen LogP contribution in [-0.4, -0.2) is 29.5 Å². The van der Waals surface area contributed by atoms with Crippen LogP contribution in [0.4, 0.5) is 8.78 Å². The first-order valence-electron chi connectivity index (χ1n) is 7.50. The second kappa shape index (κ2) is 9.38. The third kappa shape index (κ3) is 5.93. The first-order chi connectivity index (χ1) is 10.1. The van der Waals surface area contributed by atoms with E-state index in [2.05, 4.69) is 19.2 Å². The highest BCUT2D eigenvalue weighted by Gasteiger charge is 2.25. The number of halogens is 2. The lowest BCUT2D eigenvalue weighted by Gasteiger charge is -2.32. The molecule has 1 rings (SSSR count). The molecular weight excluding hydrogens is 292 g/mol. The SMILES string of the molecule is CCCNC(CC)(CO)CCCSc1ccc(F)cc1F. The van der Waals surface area contributed by atoms with Crippen molar-refractivity contribution in [1.82, 2.24) is 5.32 Å². The minimum Gasteiger partial charge on any atom is -0.394 e. The summed E-state index contributed by atoms with van der Waals surface area (Å²) in [6, 6.07) is 3.66. The Morgan fingerprint density at radius 1 is 1.29 bits per heavy atom. The van der Waals surface area contributed by atoms with Gasteiger partial charge in [-0.05, 0) is 50.1 Å². The molecule has 1 aromatic carbocycles. The van der Waals surface area contributed by atoms with Gasteiger partial charge < -0.3 is 10.4 Å². The highest BCUT2D eigenvalue weighted by atomic mass is 32.2. The first kappa shape index (κ1) is 18.4. The molecule has 0 amide bonds. The lowest BCUT2D eigenvalue weighted by atomic mass is 9.91. The predicted molar refractivity (Wildman–Crippen MR) is 84.7 cm³/mol. The summed E-state index contributed by atoms with van der Waals surface area (Å²) in [7, 11) is 0. The smallest absolute Gasteiger partial charge is 0.139 e. The summed E-state index contributed by atoms with van der Waals surface area (Å²) in [4.78, 5) is 0.476. The standard InChI is InChI=1S/C16H25F2NOS/c1-3-9-19-16(4-2,12-20)8-5-10-21-15-7-6-13(17)11-14(15)18/h6-7,11,19-20H,3-5,8-10,12H2,1-2H3. The van der Waals surface area contributed by atoms with Crippen molar-refractivity contribution in [3.8, 4) is 0 Å². The van der Waals surface area contributed by atoms with Gasteiger partial charge in [0, 0.05) is 16.5 Å². The van der Waals surface area contributed by atoms with Gasteiger partial charge in [0.15, 0.2) is 0 Å². The normalized spacial score (nSPS) is 14.1. The number of hydrogen-bond acceptors (Lipinski definition) is 3. The van der Waals surface area contributed by atoms with Gasteiger partial charge in [-0.2, -0.15) is 0 Å². The summed E-state index contributed by atoms with van der Waals surface area (Å²) >= 11 is 1.39. The lowest BCUT2D eigenvalue weighted by molar-refractivity contribution is 0.146. The Labute approximate surface area is 130 Å². The molecule has 0 fully saturated rings. The maximum atomic E-state index is 13.5. The van der Waals surface area contributed by atoms with Crippen LogP contribution in [0.25, 0.3) is 0 Å². The molecule has 2 nitrogen and oxygen atoms in total. The fourth-order valence-electron chi connectivity index (χ4n) is 2.21. The van der Waals surface area contributed by atoms with E-state index in [4.69, 9.17) is 0 Å². The summed E-state index contributed by atoms with van der Waals surface area (Å²) in [5.41, 5.74) is -0.238. The van der Waals surface area contributed by atoms with Crippen LogP contribution in [-0.2, 0) is 0 Å². The van der Waals surface area contributed by atoms with Gasteiger partial charge in [-0.3, -0.25) is 0 Å². The van der Waals surface area contributed by atoms with Crippen molar-refractivity contribution >= 4 is 11.8 Å². The number of thioether (sulfide) groups is 1. The van der Waals surface area contributed by atoms with Gasteiger partial charge in [-0.1, -0.05) is 13.8 Å². The van der Waals surface area contributed by atoms with Crippen molar-refractivity contribution in [3.63, 3.8) is 0 Å². The average Bonchev–Trinajstić information content (AvgIpc) is 2.49. The van der Waals surface area contributed by atoms with Crippen molar-refractivity contribution in [1.29, 1.82) is 0 Å². The zero-order chi connectivity index (χ0) is 15.7. The molecule has 0 aliphatic carbocycles. The van der Waals surface area contributed by atoms with E-state index in [1.54, 1.807) is 0 Å². The van der Waals surface area contributed by atoms with Crippen molar-refractivity contribution in [3.05, 3.63) is 29.8 Å². The summed E-state index contributed by atoms with van der Waals surface area (Å²) in [6.45, 7) is 5.15. The van der Waals surface area contributed by atoms with Crippen molar-refractivity contribution in [2.24, 2.45) is 0 Å². The molecule has 0 saturated heterocycles. The third-order valence-corrected chi connectivity index (χ3v) is 4.82. The van der Waals surface area contributed by atoms with Crippen molar-refractivity contribution in [2.45, 2.75) is 50.0 Å². The molecule has 1 aromatic rings. The number of aliphatic hydroxyl groups is 1. The van der Waals surface area contributed by atoms with E-state index in [1.807, 2.05) is 0 Å². The summed E-state index contributed by atoms with van der Waals surface area (Å²) < 4.78 is 26.3. The van der Waals surface area contributed by atoms with Crippen LogP contribution in [0.5, 0.6) is 0 Å². The van der Waals surface area contributed by atoms with Gasteiger partial charge in [0.2, 0.25) is 0 Å². The summed E-state index contributed by atoms with van der Waals surface area (Å²) in [5.74, 6) is -0.308. The van der Waals surface area contributed by atoms with Gasteiger partial charge in [0.1, 0.15) is 11.6 Å².